The summed E-state index contributed by atoms with van der Waals surface area (Å²) in [6.07, 6.45) is 0. The summed E-state index contributed by atoms with van der Waals surface area (Å²) in [4.78, 5) is 0. The Hall–Kier alpha value is -2.25. The van der Waals surface area contributed by atoms with Crippen LogP contribution in [0, 0.1) is 17.1 Å². The Kier molecular flexibility index (Phi) is 3.35. The van der Waals surface area contributed by atoms with Crippen LogP contribution in [0.2, 0.25) is 5.02 Å². The summed E-state index contributed by atoms with van der Waals surface area (Å²) in [5.74, 6) is -0.412. The van der Waals surface area contributed by atoms with Gasteiger partial charge in [-0.05, 0) is 36.4 Å². The van der Waals surface area contributed by atoms with Gasteiger partial charge in [-0.15, -0.1) is 0 Å². The number of hydrogen-bond donors (Lipinski definition) is 2. The first-order valence-corrected chi connectivity index (χ1v) is 5.49. The maximum absolute atomic E-state index is 12.9. The Morgan fingerprint density at radius 1 is 1.17 bits per heavy atom. The Balaban J connectivity index is 2.40. The lowest BCUT2D eigenvalue weighted by Crippen LogP contribution is -1.98. The molecule has 0 aliphatic rings. The lowest BCUT2D eigenvalue weighted by Gasteiger charge is -2.11. The van der Waals surface area contributed by atoms with E-state index in [1.54, 1.807) is 18.2 Å². The van der Waals surface area contributed by atoms with Crippen molar-refractivity contribution in [2.24, 2.45) is 0 Å². The highest BCUT2D eigenvalue weighted by Gasteiger charge is 2.06. The predicted octanol–water partition coefficient (Wildman–Crippen LogP) is 3.68. The molecule has 0 saturated carbocycles. The summed E-state index contributed by atoms with van der Waals surface area (Å²) in [6.45, 7) is 0. The number of halogens is 2. The quantitative estimate of drug-likeness (QED) is 0.811. The first-order valence-electron chi connectivity index (χ1n) is 5.12. The topological polar surface area (TPSA) is 61.8 Å². The molecular formula is C13H9ClFN3. The van der Waals surface area contributed by atoms with Gasteiger partial charge in [0.15, 0.2) is 0 Å². The number of anilines is 3. The highest BCUT2D eigenvalue weighted by molar-refractivity contribution is 6.30. The van der Waals surface area contributed by atoms with Crippen molar-refractivity contribution in [2.45, 2.75) is 0 Å². The molecule has 0 bridgehead atoms. The van der Waals surface area contributed by atoms with Crippen LogP contribution < -0.4 is 11.1 Å². The van der Waals surface area contributed by atoms with Gasteiger partial charge in [0.2, 0.25) is 0 Å². The molecule has 2 rings (SSSR count). The smallest absolute Gasteiger partial charge is 0.125 e. The van der Waals surface area contributed by atoms with Gasteiger partial charge in [0.1, 0.15) is 11.9 Å². The van der Waals surface area contributed by atoms with Gasteiger partial charge in [-0.1, -0.05) is 11.6 Å². The molecule has 0 saturated heterocycles. The van der Waals surface area contributed by atoms with Gasteiger partial charge in [0, 0.05) is 5.02 Å². The van der Waals surface area contributed by atoms with Crippen LogP contribution in [0.25, 0.3) is 0 Å². The summed E-state index contributed by atoms with van der Waals surface area (Å²) >= 11 is 5.86. The largest absolute Gasteiger partial charge is 0.397 e. The average Bonchev–Trinajstić information content (AvgIpc) is 2.33. The molecular weight excluding hydrogens is 253 g/mol. The van der Waals surface area contributed by atoms with Gasteiger partial charge in [-0.3, -0.25) is 0 Å². The van der Waals surface area contributed by atoms with Crippen LogP contribution in [-0.2, 0) is 0 Å². The number of hydrogen-bond acceptors (Lipinski definition) is 3. The SMILES string of the molecule is N#Cc1ccc(Cl)cc1Nc1ccc(F)cc1N. The second-order valence-corrected chi connectivity index (χ2v) is 4.09. The molecule has 5 heteroatoms. The van der Waals surface area contributed by atoms with Crippen molar-refractivity contribution in [2.75, 3.05) is 11.1 Å². The monoisotopic (exact) mass is 261 g/mol. The summed E-state index contributed by atoms with van der Waals surface area (Å²) in [5.41, 5.74) is 7.43. The normalized spacial score (nSPS) is 9.83. The van der Waals surface area contributed by atoms with Crippen molar-refractivity contribution < 1.29 is 4.39 Å². The first-order chi connectivity index (χ1) is 8.60. The van der Waals surface area contributed by atoms with Crippen LogP contribution in [0.15, 0.2) is 36.4 Å². The van der Waals surface area contributed by atoms with Crippen molar-refractivity contribution >= 4 is 28.7 Å². The minimum Gasteiger partial charge on any atom is -0.397 e. The number of rotatable bonds is 2. The van der Waals surface area contributed by atoms with E-state index in [1.165, 1.54) is 18.2 Å². The Bertz CT molecular complexity index is 635. The highest BCUT2D eigenvalue weighted by atomic mass is 35.5. The maximum atomic E-state index is 12.9. The van der Waals surface area contributed by atoms with Gasteiger partial charge in [0.05, 0.1) is 22.6 Å². The third kappa shape index (κ3) is 2.53. The zero-order valence-corrected chi connectivity index (χ0v) is 10.0. The molecule has 18 heavy (non-hydrogen) atoms. The van der Waals surface area contributed by atoms with Crippen molar-refractivity contribution in [3.8, 4) is 6.07 Å². The Morgan fingerprint density at radius 2 is 1.94 bits per heavy atom. The lowest BCUT2D eigenvalue weighted by atomic mass is 10.1. The standard InChI is InChI=1S/C13H9ClFN3/c14-9-2-1-8(7-16)13(5-9)18-12-4-3-10(15)6-11(12)17/h1-6,18H,17H2. The molecule has 0 atom stereocenters. The molecule has 0 unspecified atom stereocenters. The summed E-state index contributed by atoms with van der Waals surface area (Å²) in [7, 11) is 0. The number of nitrogens with one attached hydrogen (secondary N) is 1. The van der Waals surface area contributed by atoms with E-state index < -0.39 is 5.82 Å². The fourth-order valence-electron chi connectivity index (χ4n) is 1.51. The third-order valence-corrected chi connectivity index (χ3v) is 2.62. The fraction of sp³-hybridized carbons (Fsp3) is 0. The van der Waals surface area contributed by atoms with E-state index in [0.717, 1.165) is 0 Å². The molecule has 3 nitrogen and oxygen atoms in total. The van der Waals surface area contributed by atoms with E-state index in [0.29, 0.717) is 22.0 Å². The van der Waals surface area contributed by atoms with Crippen LogP contribution in [0.1, 0.15) is 5.56 Å². The van der Waals surface area contributed by atoms with Crippen LogP contribution in [0.3, 0.4) is 0 Å². The zero-order valence-electron chi connectivity index (χ0n) is 9.24. The van der Waals surface area contributed by atoms with E-state index in [9.17, 15) is 4.39 Å². The molecule has 0 amide bonds. The van der Waals surface area contributed by atoms with E-state index >= 15 is 0 Å². The van der Waals surface area contributed by atoms with Crippen LogP contribution in [0.4, 0.5) is 21.5 Å². The van der Waals surface area contributed by atoms with Crippen molar-refractivity contribution in [3.05, 3.63) is 52.8 Å². The van der Waals surface area contributed by atoms with Gasteiger partial charge >= 0.3 is 0 Å². The average molecular weight is 262 g/mol. The fourth-order valence-corrected chi connectivity index (χ4v) is 1.68. The van der Waals surface area contributed by atoms with E-state index in [1.807, 2.05) is 6.07 Å². The molecule has 0 radical (unpaired) electrons. The number of nitriles is 1. The predicted molar refractivity (Wildman–Crippen MR) is 70.3 cm³/mol. The Morgan fingerprint density at radius 3 is 2.61 bits per heavy atom. The van der Waals surface area contributed by atoms with Crippen molar-refractivity contribution in [1.29, 1.82) is 5.26 Å². The number of nitrogens with zero attached hydrogens (tertiary/aromatic N) is 1. The number of benzene rings is 2. The van der Waals surface area contributed by atoms with Gasteiger partial charge in [-0.2, -0.15) is 5.26 Å². The molecule has 90 valence electrons. The molecule has 3 N–H and O–H groups in total. The molecule has 0 aromatic heterocycles. The van der Waals surface area contributed by atoms with Crippen LogP contribution in [0.5, 0.6) is 0 Å². The first kappa shape index (κ1) is 12.2. The summed E-state index contributed by atoms with van der Waals surface area (Å²) in [6, 6.07) is 10.9. The van der Waals surface area contributed by atoms with Crippen molar-refractivity contribution in [3.63, 3.8) is 0 Å². The molecule has 2 aromatic rings. The van der Waals surface area contributed by atoms with Gasteiger partial charge < -0.3 is 11.1 Å². The van der Waals surface area contributed by atoms with E-state index in [4.69, 9.17) is 22.6 Å². The molecule has 0 fully saturated rings. The lowest BCUT2D eigenvalue weighted by molar-refractivity contribution is 0.628. The maximum Gasteiger partial charge on any atom is 0.125 e. The third-order valence-electron chi connectivity index (χ3n) is 2.39. The molecule has 0 aliphatic heterocycles. The van der Waals surface area contributed by atoms with Gasteiger partial charge in [-0.25, -0.2) is 4.39 Å². The second-order valence-electron chi connectivity index (χ2n) is 3.66. The molecule has 2 aromatic carbocycles. The zero-order chi connectivity index (χ0) is 13.1. The highest BCUT2D eigenvalue weighted by Crippen LogP contribution is 2.27. The van der Waals surface area contributed by atoms with E-state index in [2.05, 4.69) is 5.32 Å². The van der Waals surface area contributed by atoms with Crippen molar-refractivity contribution in [1.82, 2.24) is 0 Å². The number of nitrogens with two attached hydrogens (primary N) is 1. The second kappa shape index (κ2) is 4.94. The minimum absolute atomic E-state index is 0.263. The minimum atomic E-state index is -0.412. The molecule has 0 heterocycles. The van der Waals surface area contributed by atoms with E-state index in [-0.39, 0.29) is 5.69 Å². The van der Waals surface area contributed by atoms with Crippen LogP contribution in [-0.4, -0.2) is 0 Å². The molecule has 0 aliphatic carbocycles. The van der Waals surface area contributed by atoms with Gasteiger partial charge in [0.25, 0.3) is 0 Å². The Labute approximate surface area is 109 Å². The molecule has 0 spiro atoms. The summed E-state index contributed by atoms with van der Waals surface area (Å²) in [5, 5.41) is 12.4. The van der Waals surface area contributed by atoms with Crippen LogP contribution >= 0.6 is 11.6 Å². The number of nitrogen functional groups attached to an aromatic ring is 1. The summed E-state index contributed by atoms with van der Waals surface area (Å²) < 4.78 is 12.9.